The maximum Gasteiger partial charge on any atom is 0.246 e. The van der Waals surface area contributed by atoms with Gasteiger partial charge in [-0.3, -0.25) is 9.59 Å². The Morgan fingerprint density at radius 2 is 2.28 bits per heavy atom. The second kappa shape index (κ2) is 5.16. The van der Waals surface area contributed by atoms with Crippen LogP contribution in [0.3, 0.4) is 0 Å². The van der Waals surface area contributed by atoms with Crippen LogP contribution in [0.2, 0.25) is 0 Å². The smallest absolute Gasteiger partial charge is 0.246 e. The molecular weight excluding hydrogens is 236 g/mol. The molecule has 7 nitrogen and oxygen atoms in total. The molecule has 1 atom stereocenters. The van der Waals surface area contributed by atoms with Crippen molar-refractivity contribution in [3.8, 4) is 0 Å². The molecule has 1 aliphatic rings. The van der Waals surface area contributed by atoms with E-state index in [4.69, 9.17) is 4.52 Å². The molecule has 2 amide bonds. The Morgan fingerprint density at radius 1 is 1.50 bits per heavy atom. The van der Waals surface area contributed by atoms with Gasteiger partial charge in [0, 0.05) is 0 Å². The second-order valence-electron chi connectivity index (χ2n) is 4.34. The van der Waals surface area contributed by atoms with Gasteiger partial charge in [0.05, 0.1) is 0 Å². The van der Waals surface area contributed by atoms with Crippen molar-refractivity contribution >= 4 is 11.8 Å². The zero-order valence-corrected chi connectivity index (χ0v) is 10.5. The molecule has 2 rings (SSSR count). The highest BCUT2D eigenvalue weighted by Gasteiger charge is 2.32. The van der Waals surface area contributed by atoms with E-state index in [0.717, 1.165) is 6.42 Å². The van der Waals surface area contributed by atoms with Crippen LogP contribution in [-0.4, -0.2) is 39.4 Å². The zero-order chi connectivity index (χ0) is 13.1. The van der Waals surface area contributed by atoms with E-state index < -0.39 is 6.04 Å². The molecule has 0 aromatic carbocycles. The van der Waals surface area contributed by atoms with E-state index in [-0.39, 0.29) is 24.9 Å². The fourth-order valence-corrected chi connectivity index (χ4v) is 1.96. The van der Waals surface area contributed by atoms with Gasteiger partial charge < -0.3 is 14.7 Å². The monoisotopic (exact) mass is 252 g/mol. The third kappa shape index (κ3) is 2.66. The fourth-order valence-electron chi connectivity index (χ4n) is 1.96. The minimum Gasteiger partial charge on any atom is -0.343 e. The maximum atomic E-state index is 12.1. The lowest BCUT2D eigenvalue weighted by atomic mass is 10.1. The van der Waals surface area contributed by atoms with Crippen molar-refractivity contribution in [1.29, 1.82) is 0 Å². The van der Waals surface area contributed by atoms with Crippen LogP contribution >= 0.6 is 0 Å². The predicted octanol–water partition coefficient (Wildman–Crippen LogP) is 0.00512. The molecule has 0 spiro atoms. The lowest BCUT2D eigenvalue weighted by Crippen LogP contribution is -2.57. The normalized spacial score (nSPS) is 20.1. The quantitative estimate of drug-likeness (QED) is 0.815. The highest BCUT2D eigenvalue weighted by Crippen LogP contribution is 2.11. The topological polar surface area (TPSA) is 88.3 Å². The van der Waals surface area contributed by atoms with Crippen LogP contribution in [0.25, 0.3) is 0 Å². The van der Waals surface area contributed by atoms with Crippen LogP contribution in [0.15, 0.2) is 4.52 Å². The van der Waals surface area contributed by atoms with E-state index in [2.05, 4.69) is 15.5 Å². The number of carbonyl (C=O) groups is 2. The molecule has 0 saturated carbocycles. The number of carbonyl (C=O) groups excluding carboxylic acids is 2. The molecule has 7 heteroatoms. The van der Waals surface area contributed by atoms with E-state index in [9.17, 15) is 9.59 Å². The summed E-state index contributed by atoms with van der Waals surface area (Å²) in [5.74, 6) is 0.631. The summed E-state index contributed by atoms with van der Waals surface area (Å²) in [6, 6.07) is -0.430. The minimum absolute atomic E-state index is 0.0421. The standard InChI is InChI=1S/C11H16N4O3/c1-3-4-8-11(17)15(5-9(16)13-8)6-10-12-7(2)14-18-10/h8H,3-6H2,1-2H3,(H,13,16). The first kappa shape index (κ1) is 12.5. The van der Waals surface area contributed by atoms with Crippen LogP contribution < -0.4 is 5.32 Å². The molecule has 18 heavy (non-hydrogen) atoms. The number of rotatable bonds is 4. The first-order valence-electron chi connectivity index (χ1n) is 5.97. The van der Waals surface area contributed by atoms with E-state index in [1.54, 1.807) is 6.92 Å². The molecule has 1 N–H and O–H groups in total. The maximum absolute atomic E-state index is 12.1. The van der Waals surface area contributed by atoms with Gasteiger partial charge in [0.2, 0.25) is 17.7 Å². The average molecular weight is 252 g/mol. The van der Waals surface area contributed by atoms with E-state index in [1.165, 1.54) is 4.90 Å². The molecule has 2 heterocycles. The molecule has 1 aromatic rings. The minimum atomic E-state index is -0.430. The van der Waals surface area contributed by atoms with Crippen LogP contribution in [0, 0.1) is 6.92 Å². The number of nitrogens with one attached hydrogen (secondary N) is 1. The summed E-state index contributed by atoms with van der Waals surface area (Å²) in [6.07, 6.45) is 1.48. The van der Waals surface area contributed by atoms with Crippen molar-refractivity contribution in [2.45, 2.75) is 39.3 Å². The van der Waals surface area contributed by atoms with Gasteiger partial charge >= 0.3 is 0 Å². The summed E-state index contributed by atoms with van der Waals surface area (Å²) in [4.78, 5) is 29.1. The SMILES string of the molecule is CCCC1NC(=O)CN(Cc2nc(C)no2)C1=O. The highest BCUT2D eigenvalue weighted by molar-refractivity contribution is 5.94. The molecule has 1 saturated heterocycles. The largest absolute Gasteiger partial charge is 0.343 e. The molecule has 0 aliphatic carbocycles. The first-order chi connectivity index (χ1) is 8.60. The Morgan fingerprint density at radius 3 is 2.89 bits per heavy atom. The molecule has 98 valence electrons. The van der Waals surface area contributed by atoms with E-state index in [0.29, 0.717) is 18.1 Å². The molecule has 1 aliphatic heterocycles. The Balaban J connectivity index is 2.06. The number of nitrogens with zero attached hydrogens (tertiary/aromatic N) is 3. The third-order valence-electron chi connectivity index (χ3n) is 2.75. The van der Waals surface area contributed by atoms with E-state index in [1.807, 2.05) is 6.92 Å². The van der Waals surface area contributed by atoms with E-state index >= 15 is 0 Å². The summed E-state index contributed by atoms with van der Waals surface area (Å²) >= 11 is 0. The molecule has 1 unspecified atom stereocenters. The van der Waals surface area contributed by atoms with Gasteiger partial charge in [0.1, 0.15) is 19.1 Å². The van der Waals surface area contributed by atoms with Crippen LogP contribution in [0.4, 0.5) is 0 Å². The van der Waals surface area contributed by atoms with Gasteiger partial charge in [-0.15, -0.1) is 0 Å². The molecule has 0 radical (unpaired) electrons. The van der Waals surface area contributed by atoms with Crippen molar-refractivity contribution in [2.75, 3.05) is 6.54 Å². The summed E-state index contributed by atoms with van der Waals surface area (Å²) in [5.41, 5.74) is 0. The van der Waals surface area contributed by atoms with Crippen molar-refractivity contribution in [2.24, 2.45) is 0 Å². The molecule has 1 fully saturated rings. The Bertz CT molecular complexity index is 457. The number of hydrogen-bond acceptors (Lipinski definition) is 5. The molecule has 0 bridgehead atoms. The number of aromatic nitrogens is 2. The first-order valence-corrected chi connectivity index (χ1v) is 5.97. The van der Waals surface area contributed by atoms with Gasteiger partial charge in [0.25, 0.3) is 0 Å². The average Bonchev–Trinajstić information content (AvgIpc) is 2.71. The van der Waals surface area contributed by atoms with Gasteiger partial charge in [-0.1, -0.05) is 18.5 Å². The van der Waals surface area contributed by atoms with Crippen LogP contribution in [0.1, 0.15) is 31.5 Å². The van der Waals surface area contributed by atoms with Gasteiger partial charge in [-0.25, -0.2) is 0 Å². The second-order valence-corrected chi connectivity index (χ2v) is 4.34. The summed E-state index contributed by atoms with van der Waals surface area (Å²) in [6.45, 7) is 3.91. The third-order valence-corrected chi connectivity index (χ3v) is 2.75. The van der Waals surface area contributed by atoms with Gasteiger partial charge in [-0.2, -0.15) is 4.98 Å². The molecule has 1 aromatic heterocycles. The number of piperazine rings is 1. The highest BCUT2D eigenvalue weighted by atomic mass is 16.5. The van der Waals surface area contributed by atoms with Crippen molar-refractivity contribution < 1.29 is 14.1 Å². The lowest BCUT2D eigenvalue weighted by Gasteiger charge is -2.31. The predicted molar refractivity (Wildman–Crippen MR) is 61.3 cm³/mol. The van der Waals surface area contributed by atoms with Gasteiger partial charge in [0.15, 0.2) is 5.82 Å². The van der Waals surface area contributed by atoms with Crippen molar-refractivity contribution in [3.05, 3.63) is 11.7 Å². The summed E-state index contributed by atoms with van der Waals surface area (Å²) < 4.78 is 4.96. The fraction of sp³-hybridized carbons (Fsp3) is 0.636. The Hall–Kier alpha value is -1.92. The zero-order valence-electron chi connectivity index (χ0n) is 10.5. The summed E-state index contributed by atoms with van der Waals surface area (Å²) in [7, 11) is 0. The molecular formula is C11H16N4O3. The lowest BCUT2D eigenvalue weighted by molar-refractivity contribution is -0.145. The van der Waals surface area contributed by atoms with Crippen molar-refractivity contribution in [1.82, 2.24) is 20.4 Å². The Kier molecular flexibility index (Phi) is 3.59. The van der Waals surface area contributed by atoms with Gasteiger partial charge in [-0.05, 0) is 13.3 Å². The number of amides is 2. The Labute approximate surface area is 105 Å². The summed E-state index contributed by atoms with van der Waals surface area (Å²) in [5, 5.41) is 6.35. The van der Waals surface area contributed by atoms with Crippen LogP contribution in [-0.2, 0) is 16.1 Å². The number of hydrogen-bond donors (Lipinski definition) is 1. The number of aryl methyl sites for hydroxylation is 1. The van der Waals surface area contributed by atoms with Crippen molar-refractivity contribution in [3.63, 3.8) is 0 Å². The van der Waals surface area contributed by atoms with Crippen LogP contribution in [0.5, 0.6) is 0 Å².